The van der Waals surface area contributed by atoms with Crippen LogP contribution in [-0.4, -0.2) is 43.0 Å². The number of hydrogen-bond acceptors (Lipinski definition) is 3. The fraction of sp³-hybridized carbons (Fsp3) is 0.900. The van der Waals surface area contributed by atoms with E-state index in [1.54, 1.807) is 0 Å². The molecule has 2 rings (SSSR count). The summed E-state index contributed by atoms with van der Waals surface area (Å²) in [6.07, 6.45) is 2.93. The Balaban J connectivity index is 1.72. The Labute approximate surface area is 84.8 Å². The molecule has 2 fully saturated rings. The Morgan fingerprint density at radius 3 is 2.79 bits per heavy atom. The topological polar surface area (TPSA) is 58.4 Å². The third kappa shape index (κ3) is 2.07. The van der Waals surface area contributed by atoms with Crippen LogP contribution >= 0.6 is 0 Å². The van der Waals surface area contributed by atoms with Crippen LogP contribution in [-0.2, 0) is 4.79 Å². The average molecular weight is 197 g/mol. The first kappa shape index (κ1) is 9.93. The first-order valence-corrected chi connectivity index (χ1v) is 5.37. The van der Waals surface area contributed by atoms with Gasteiger partial charge in [-0.3, -0.25) is 4.79 Å². The van der Waals surface area contributed by atoms with Crippen molar-refractivity contribution in [2.75, 3.05) is 20.1 Å². The number of carbonyl (C=O) groups excluding carboxylic acids is 1. The molecule has 14 heavy (non-hydrogen) atoms. The lowest BCUT2D eigenvalue weighted by Gasteiger charge is -2.40. The van der Waals surface area contributed by atoms with Crippen molar-refractivity contribution in [1.82, 2.24) is 10.2 Å². The second-order valence-electron chi connectivity index (χ2n) is 4.70. The monoisotopic (exact) mass is 197 g/mol. The fourth-order valence-corrected chi connectivity index (χ4v) is 2.34. The maximum absolute atomic E-state index is 11.0. The Bertz CT molecular complexity index is 225. The van der Waals surface area contributed by atoms with E-state index in [0.717, 1.165) is 25.9 Å². The molecule has 1 heterocycles. The molecular weight excluding hydrogens is 178 g/mol. The molecule has 0 bridgehead atoms. The molecule has 3 N–H and O–H groups in total. The largest absolute Gasteiger partial charge is 0.356 e. The van der Waals surface area contributed by atoms with Gasteiger partial charge in [0, 0.05) is 31.6 Å². The molecule has 1 aliphatic carbocycles. The first-order valence-electron chi connectivity index (χ1n) is 5.37. The summed E-state index contributed by atoms with van der Waals surface area (Å²) >= 11 is 0. The Morgan fingerprint density at radius 1 is 1.57 bits per heavy atom. The smallest absolute Gasteiger partial charge is 0.220 e. The zero-order valence-corrected chi connectivity index (χ0v) is 8.70. The summed E-state index contributed by atoms with van der Waals surface area (Å²) in [5.74, 6) is 0.707. The van der Waals surface area contributed by atoms with Crippen molar-refractivity contribution in [1.29, 1.82) is 0 Å². The molecule has 1 saturated heterocycles. The lowest BCUT2D eigenvalue weighted by atomic mass is 9.86. The van der Waals surface area contributed by atoms with Crippen molar-refractivity contribution in [3.05, 3.63) is 0 Å². The molecule has 0 spiro atoms. The van der Waals surface area contributed by atoms with Gasteiger partial charge in [-0.1, -0.05) is 0 Å². The van der Waals surface area contributed by atoms with E-state index < -0.39 is 0 Å². The Morgan fingerprint density at radius 2 is 2.29 bits per heavy atom. The van der Waals surface area contributed by atoms with Crippen molar-refractivity contribution >= 4 is 5.91 Å². The number of amides is 1. The zero-order chi connectivity index (χ0) is 10.1. The number of nitrogens with two attached hydrogens (primary N) is 1. The van der Waals surface area contributed by atoms with Gasteiger partial charge in [-0.15, -0.1) is 0 Å². The van der Waals surface area contributed by atoms with Gasteiger partial charge < -0.3 is 16.0 Å². The van der Waals surface area contributed by atoms with Crippen LogP contribution < -0.4 is 11.1 Å². The summed E-state index contributed by atoms with van der Waals surface area (Å²) in [4.78, 5) is 13.3. The minimum Gasteiger partial charge on any atom is -0.356 e. The van der Waals surface area contributed by atoms with Crippen molar-refractivity contribution in [3.63, 3.8) is 0 Å². The van der Waals surface area contributed by atoms with Gasteiger partial charge in [-0.2, -0.15) is 0 Å². The molecule has 0 aromatic rings. The molecule has 1 aliphatic heterocycles. The van der Waals surface area contributed by atoms with E-state index >= 15 is 0 Å². The zero-order valence-electron chi connectivity index (χ0n) is 8.70. The summed E-state index contributed by atoms with van der Waals surface area (Å²) in [5.41, 5.74) is 5.74. The molecule has 1 unspecified atom stereocenters. The molecule has 1 atom stereocenters. The van der Waals surface area contributed by atoms with Crippen LogP contribution in [0.4, 0.5) is 0 Å². The lowest BCUT2D eigenvalue weighted by molar-refractivity contribution is -0.119. The van der Waals surface area contributed by atoms with E-state index in [9.17, 15) is 4.79 Å². The SMILES string of the molecule is CN(CC1CNC(=O)C1)C1CC(N)C1. The average Bonchev–Trinajstić information content (AvgIpc) is 2.45. The normalized spacial score (nSPS) is 37.1. The molecule has 4 heteroatoms. The minimum absolute atomic E-state index is 0.203. The molecule has 0 radical (unpaired) electrons. The number of carbonyl (C=O) groups is 1. The van der Waals surface area contributed by atoms with E-state index in [1.807, 2.05) is 0 Å². The van der Waals surface area contributed by atoms with Gasteiger partial charge in [0.1, 0.15) is 0 Å². The molecule has 0 aromatic carbocycles. The lowest BCUT2D eigenvalue weighted by Crippen LogP contribution is -2.50. The standard InChI is InChI=1S/C10H19N3O/c1-13(9-3-8(11)4-9)6-7-2-10(14)12-5-7/h7-9H,2-6,11H2,1H3,(H,12,14). The molecule has 1 saturated carbocycles. The van der Waals surface area contributed by atoms with Gasteiger partial charge in [-0.05, 0) is 25.8 Å². The van der Waals surface area contributed by atoms with E-state index in [4.69, 9.17) is 5.73 Å². The molecule has 0 aromatic heterocycles. The number of nitrogens with zero attached hydrogens (tertiary/aromatic N) is 1. The summed E-state index contributed by atoms with van der Waals surface area (Å²) in [6, 6.07) is 1.06. The van der Waals surface area contributed by atoms with Crippen LogP contribution in [0.15, 0.2) is 0 Å². The number of nitrogens with one attached hydrogen (secondary N) is 1. The van der Waals surface area contributed by atoms with E-state index in [1.165, 1.54) is 0 Å². The van der Waals surface area contributed by atoms with Crippen molar-refractivity contribution in [2.45, 2.75) is 31.3 Å². The van der Waals surface area contributed by atoms with Crippen LogP contribution in [0, 0.1) is 5.92 Å². The van der Waals surface area contributed by atoms with Crippen LogP contribution in [0.2, 0.25) is 0 Å². The van der Waals surface area contributed by atoms with E-state index in [2.05, 4.69) is 17.3 Å². The molecule has 1 amide bonds. The van der Waals surface area contributed by atoms with E-state index in [0.29, 0.717) is 24.4 Å². The van der Waals surface area contributed by atoms with Gasteiger partial charge in [0.05, 0.1) is 0 Å². The van der Waals surface area contributed by atoms with Crippen LogP contribution in [0.25, 0.3) is 0 Å². The minimum atomic E-state index is 0.203. The third-order valence-corrected chi connectivity index (χ3v) is 3.38. The maximum Gasteiger partial charge on any atom is 0.220 e. The predicted octanol–water partition coefficient (Wildman–Crippen LogP) is -0.456. The van der Waals surface area contributed by atoms with Gasteiger partial charge >= 0.3 is 0 Å². The van der Waals surface area contributed by atoms with Gasteiger partial charge in [0.25, 0.3) is 0 Å². The van der Waals surface area contributed by atoms with E-state index in [-0.39, 0.29) is 5.91 Å². The van der Waals surface area contributed by atoms with Gasteiger partial charge in [-0.25, -0.2) is 0 Å². The summed E-state index contributed by atoms with van der Waals surface area (Å²) in [5, 5.41) is 2.87. The number of rotatable bonds is 3. The Hall–Kier alpha value is -0.610. The van der Waals surface area contributed by atoms with Gasteiger partial charge in [0.15, 0.2) is 0 Å². The summed E-state index contributed by atoms with van der Waals surface area (Å²) in [7, 11) is 2.14. The molecular formula is C10H19N3O. The van der Waals surface area contributed by atoms with Gasteiger partial charge in [0.2, 0.25) is 5.91 Å². The first-order chi connectivity index (χ1) is 6.65. The molecule has 4 nitrogen and oxygen atoms in total. The molecule has 80 valence electrons. The summed E-state index contributed by atoms with van der Waals surface area (Å²) < 4.78 is 0. The van der Waals surface area contributed by atoms with Crippen LogP contribution in [0.5, 0.6) is 0 Å². The van der Waals surface area contributed by atoms with Crippen LogP contribution in [0.1, 0.15) is 19.3 Å². The fourth-order valence-electron chi connectivity index (χ4n) is 2.34. The highest BCUT2D eigenvalue weighted by molar-refractivity contribution is 5.78. The van der Waals surface area contributed by atoms with Crippen molar-refractivity contribution in [2.24, 2.45) is 11.7 Å². The highest BCUT2D eigenvalue weighted by Gasteiger charge is 2.31. The predicted molar refractivity (Wildman–Crippen MR) is 54.7 cm³/mol. The second-order valence-corrected chi connectivity index (χ2v) is 4.70. The van der Waals surface area contributed by atoms with Crippen molar-refractivity contribution < 1.29 is 4.79 Å². The third-order valence-electron chi connectivity index (χ3n) is 3.38. The quantitative estimate of drug-likeness (QED) is 0.644. The van der Waals surface area contributed by atoms with Crippen LogP contribution in [0.3, 0.4) is 0 Å². The summed E-state index contributed by atoms with van der Waals surface area (Å²) in [6.45, 7) is 1.87. The second kappa shape index (κ2) is 3.87. The number of hydrogen-bond donors (Lipinski definition) is 2. The highest BCUT2D eigenvalue weighted by Crippen LogP contribution is 2.24. The maximum atomic E-state index is 11.0. The highest BCUT2D eigenvalue weighted by atomic mass is 16.1. The molecule has 2 aliphatic rings. The Kier molecular flexibility index (Phi) is 2.74. The van der Waals surface area contributed by atoms with Crippen molar-refractivity contribution in [3.8, 4) is 0 Å².